The molecule has 0 saturated heterocycles. The molecule has 0 atom stereocenters. The number of carbonyl (C=O) groups is 1. The van der Waals surface area contributed by atoms with Crippen molar-refractivity contribution in [1.82, 2.24) is 15.2 Å². The van der Waals surface area contributed by atoms with Crippen molar-refractivity contribution in [2.75, 3.05) is 32.0 Å². The highest BCUT2D eigenvalue weighted by Gasteiger charge is 2.06. The van der Waals surface area contributed by atoms with Gasteiger partial charge in [-0.3, -0.25) is 9.69 Å². The third-order valence-electron chi connectivity index (χ3n) is 2.62. The van der Waals surface area contributed by atoms with Crippen LogP contribution in [0.15, 0.2) is 18.3 Å². The smallest absolute Gasteiger partial charge is 0.234 e. The largest absolute Gasteiger partial charge is 0.370 e. The van der Waals surface area contributed by atoms with Gasteiger partial charge in [-0.15, -0.1) is 0 Å². The molecule has 0 bridgehead atoms. The molecule has 1 heterocycles. The van der Waals surface area contributed by atoms with Crippen LogP contribution in [0, 0.1) is 0 Å². The maximum atomic E-state index is 11.5. The van der Waals surface area contributed by atoms with Crippen LogP contribution in [0.5, 0.6) is 0 Å². The summed E-state index contributed by atoms with van der Waals surface area (Å²) in [6.45, 7) is 6.79. The standard InChI is InChI=1S/C14H24N4O/c1-4-7-16-13-9-12(6-8-17-13)10-18(3)11-14(19)15-5-2/h6,8-9H,4-5,7,10-11H2,1-3H3,(H,15,19)(H,16,17). The molecule has 106 valence electrons. The molecule has 1 rings (SSSR count). The van der Waals surface area contributed by atoms with E-state index >= 15 is 0 Å². The SMILES string of the molecule is CCCNc1cc(CN(C)CC(=O)NCC)ccn1. The third kappa shape index (κ3) is 6.20. The van der Waals surface area contributed by atoms with Gasteiger partial charge in [0.05, 0.1) is 6.54 Å². The van der Waals surface area contributed by atoms with E-state index in [2.05, 4.69) is 22.5 Å². The zero-order valence-electron chi connectivity index (χ0n) is 12.1. The number of hydrogen-bond donors (Lipinski definition) is 2. The zero-order chi connectivity index (χ0) is 14.1. The first-order valence-electron chi connectivity index (χ1n) is 6.79. The van der Waals surface area contributed by atoms with E-state index in [9.17, 15) is 4.79 Å². The molecular weight excluding hydrogens is 240 g/mol. The van der Waals surface area contributed by atoms with Gasteiger partial charge in [-0.05, 0) is 38.1 Å². The average Bonchev–Trinajstić information content (AvgIpc) is 2.36. The van der Waals surface area contributed by atoms with Crippen LogP contribution in [0.2, 0.25) is 0 Å². The molecule has 0 aromatic carbocycles. The van der Waals surface area contributed by atoms with Crippen LogP contribution in [0.1, 0.15) is 25.8 Å². The van der Waals surface area contributed by atoms with Gasteiger partial charge in [0.15, 0.2) is 0 Å². The van der Waals surface area contributed by atoms with Crippen molar-refractivity contribution in [3.63, 3.8) is 0 Å². The quantitative estimate of drug-likeness (QED) is 0.746. The molecule has 19 heavy (non-hydrogen) atoms. The van der Waals surface area contributed by atoms with E-state index in [-0.39, 0.29) is 5.91 Å². The number of carbonyl (C=O) groups excluding carboxylic acids is 1. The average molecular weight is 264 g/mol. The number of nitrogens with one attached hydrogen (secondary N) is 2. The van der Waals surface area contributed by atoms with Crippen LogP contribution in [0.4, 0.5) is 5.82 Å². The predicted octanol–water partition coefficient (Wildman–Crippen LogP) is 1.47. The lowest BCUT2D eigenvalue weighted by Gasteiger charge is -2.16. The number of amides is 1. The molecule has 5 heteroatoms. The first kappa shape index (κ1) is 15.4. The molecule has 1 aromatic heterocycles. The summed E-state index contributed by atoms with van der Waals surface area (Å²) < 4.78 is 0. The number of pyridine rings is 1. The monoisotopic (exact) mass is 264 g/mol. The molecule has 5 nitrogen and oxygen atoms in total. The highest BCUT2D eigenvalue weighted by atomic mass is 16.1. The molecule has 0 unspecified atom stereocenters. The Morgan fingerprint density at radius 3 is 2.89 bits per heavy atom. The zero-order valence-corrected chi connectivity index (χ0v) is 12.1. The Balaban J connectivity index is 2.49. The molecule has 0 radical (unpaired) electrons. The van der Waals surface area contributed by atoms with Crippen molar-refractivity contribution in [1.29, 1.82) is 0 Å². The van der Waals surface area contributed by atoms with Crippen LogP contribution in [-0.4, -0.2) is 42.5 Å². The van der Waals surface area contributed by atoms with E-state index in [0.29, 0.717) is 13.1 Å². The lowest BCUT2D eigenvalue weighted by Crippen LogP contribution is -2.34. The number of likely N-dealkylation sites (N-methyl/N-ethyl adjacent to an activating group) is 2. The molecule has 0 aliphatic rings. The minimum atomic E-state index is 0.0587. The van der Waals surface area contributed by atoms with Crippen molar-refractivity contribution in [2.24, 2.45) is 0 Å². The maximum absolute atomic E-state index is 11.5. The lowest BCUT2D eigenvalue weighted by molar-refractivity contribution is -0.121. The number of nitrogens with zero attached hydrogens (tertiary/aromatic N) is 2. The molecule has 1 aromatic rings. The Kier molecular flexibility index (Phi) is 6.89. The Morgan fingerprint density at radius 1 is 1.42 bits per heavy atom. The lowest BCUT2D eigenvalue weighted by atomic mass is 10.2. The second kappa shape index (κ2) is 8.48. The molecule has 0 spiro atoms. The van der Waals surface area contributed by atoms with Crippen molar-refractivity contribution in [3.8, 4) is 0 Å². The van der Waals surface area contributed by atoms with E-state index in [1.165, 1.54) is 0 Å². The predicted molar refractivity (Wildman–Crippen MR) is 78.0 cm³/mol. The van der Waals surface area contributed by atoms with Gasteiger partial charge < -0.3 is 10.6 Å². The Hall–Kier alpha value is -1.62. The summed E-state index contributed by atoms with van der Waals surface area (Å²) in [5.41, 5.74) is 1.15. The van der Waals surface area contributed by atoms with Gasteiger partial charge in [0.2, 0.25) is 5.91 Å². The summed E-state index contributed by atoms with van der Waals surface area (Å²) in [4.78, 5) is 17.7. The number of anilines is 1. The summed E-state index contributed by atoms with van der Waals surface area (Å²) >= 11 is 0. The Bertz CT molecular complexity index is 395. The Labute approximate surface area is 115 Å². The number of rotatable bonds is 8. The van der Waals surface area contributed by atoms with E-state index in [1.54, 1.807) is 6.20 Å². The van der Waals surface area contributed by atoms with Crippen LogP contribution in [0.25, 0.3) is 0 Å². The van der Waals surface area contributed by atoms with Crippen LogP contribution >= 0.6 is 0 Å². The molecular formula is C14H24N4O. The van der Waals surface area contributed by atoms with Gasteiger partial charge in [0.25, 0.3) is 0 Å². The van der Waals surface area contributed by atoms with Gasteiger partial charge in [-0.2, -0.15) is 0 Å². The maximum Gasteiger partial charge on any atom is 0.234 e. The first-order valence-corrected chi connectivity index (χ1v) is 6.79. The number of hydrogen-bond acceptors (Lipinski definition) is 4. The molecule has 2 N–H and O–H groups in total. The fourth-order valence-electron chi connectivity index (χ4n) is 1.79. The van der Waals surface area contributed by atoms with Gasteiger partial charge in [-0.1, -0.05) is 6.92 Å². The van der Waals surface area contributed by atoms with E-state index in [0.717, 1.165) is 30.9 Å². The second-order valence-corrected chi connectivity index (χ2v) is 4.60. The summed E-state index contributed by atoms with van der Waals surface area (Å²) in [6, 6.07) is 4.01. The minimum Gasteiger partial charge on any atom is -0.370 e. The molecule has 1 amide bonds. The van der Waals surface area contributed by atoms with Crippen LogP contribution < -0.4 is 10.6 Å². The normalized spacial score (nSPS) is 10.5. The molecule has 0 aliphatic carbocycles. The van der Waals surface area contributed by atoms with Gasteiger partial charge >= 0.3 is 0 Å². The summed E-state index contributed by atoms with van der Waals surface area (Å²) in [6.07, 6.45) is 2.87. The fraction of sp³-hybridized carbons (Fsp3) is 0.571. The number of aromatic nitrogens is 1. The summed E-state index contributed by atoms with van der Waals surface area (Å²) in [7, 11) is 1.94. The molecule has 0 saturated carbocycles. The topological polar surface area (TPSA) is 57.3 Å². The van der Waals surface area contributed by atoms with Crippen molar-refractivity contribution in [2.45, 2.75) is 26.8 Å². The van der Waals surface area contributed by atoms with Gasteiger partial charge in [0.1, 0.15) is 5.82 Å². The Morgan fingerprint density at radius 2 is 2.21 bits per heavy atom. The first-order chi connectivity index (χ1) is 9.15. The fourth-order valence-corrected chi connectivity index (χ4v) is 1.79. The van der Waals surface area contributed by atoms with Crippen molar-refractivity contribution < 1.29 is 4.79 Å². The molecule has 0 aliphatic heterocycles. The second-order valence-electron chi connectivity index (χ2n) is 4.60. The van der Waals surface area contributed by atoms with E-state index in [4.69, 9.17) is 0 Å². The molecule has 0 fully saturated rings. The van der Waals surface area contributed by atoms with Gasteiger partial charge in [-0.25, -0.2) is 4.98 Å². The van der Waals surface area contributed by atoms with E-state index in [1.807, 2.05) is 31.0 Å². The highest BCUT2D eigenvalue weighted by molar-refractivity contribution is 5.77. The van der Waals surface area contributed by atoms with Crippen molar-refractivity contribution >= 4 is 11.7 Å². The van der Waals surface area contributed by atoms with Crippen molar-refractivity contribution in [3.05, 3.63) is 23.9 Å². The van der Waals surface area contributed by atoms with Crippen LogP contribution in [-0.2, 0) is 11.3 Å². The summed E-state index contributed by atoms with van der Waals surface area (Å²) in [5.74, 6) is 0.953. The summed E-state index contributed by atoms with van der Waals surface area (Å²) in [5, 5.41) is 6.06. The van der Waals surface area contributed by atoms with Crippen LogP contribution in [0.3, 0.4) is 0 Å². The van der Waals surface area contributed by atoms with E-state index < -0.39 is 0 Å². The highest BCUT2D eigenvalue weighted by Crippen LogP contribution is 2.08. The third-order valence-corrected chi connectivity index (χ3v) is 2.62. The minimum absolute atomic E-state index is 0.0587. The van der Waals surface area contributed by atoms with Gasteiger partial charge in [0, 0.05) is 25.8 Å².